The summed E-state index contributed by atoms with van der Waals surface area (Å²) in [6.07, 6.45) is 1.47. The molecule has 6 nitrogen and oxygen atoms in total. The van der Waals surface area contributed by atoms with Crippen LogP contribution in [0.4, 0.5) is 0 Å². The zero-order valence-corrected chi connectivity index (χ0v) is 20.4. The summed E-state index contributed by atoms with van der Waals surface area (Å²) in [5.41, 5.74) is 5.02. The maximum Gasteiger partial charge on any atom is 0.250 e. The quantitative estimate of drug-likeness (QED) is 0.169. The highest BCUT2D eigenvalue weighted by Gasteiger charge is 2.15. The van der Waals surface area contributed by atoms with Gasteiger partial charge in [0.15, 0.2) is 11.0 Å². The Morgan fingerprint density at radius 3 is 2.68 bits per heavy atom. The molecule has 31 heavy (non-hydrogen) atoms. The molecule has 10 heteroatoms. The van der Waals surface area contributed by atoms with Gasteiger partial charge in [-0.3, -0.25) is 9.36 Å². The number of carbonyl (C=O) groups is 1. The number of carbonyl (C=O) groups excluding carboxylic acids is 1. The van der Waals surface area contributed by atoms with Crippen molar-refractivity contribution < 1.29 is 4.79 Å². The third-order valence-corrected chi connectivity index (χ3v) is 5.99. The number of hydrogen-bond acceptors (Lipinski definition) is 5. The zero-order valence-electron chi connectivity index (χ0n) is 16.5. The van der Waals surface area contributed by atoms with Gasteiger partial charge in [-0.15, -0.1) is 10.2 Å². The molecule has 0 radical (unpaired) electrons. The molecule has 0 aliphatic heterocycles. The summed E-state index contributed by atoms with van der Waals surface area (Å²) < 4.78 is 2.93. The van der Waals surface area contributed by atoms with E-state index in [9.17, 15) is 4.79 Å². The Labute approximate surface area is 202 Å². The summed E-state index contributed by atoms with van der Waals surface area (Å²) in [6, 6.07) is 12.8. The maximum atomic E-state index is 12.2. The second-order valence-corrected chi connectivity index (χ2v) is 9.31. The monoisotopic (exact) mass is 537 g/mol. The molecule has 0 spiro atoms. The Balaban J connectivity index is 1.66. The molecule has 0 saturated carbocycles. The summed E-state index contributed by atoms with van der Waals surface area (Å²) in [7, 11) is 0. The van der Waals surface area contributed by atoms with Gasteiger partial charge in [0.1, 0.15) is 0 Å². The molecule has 3 aromatic rings. The van der Waals surface area contributed by atoms with Crippen LogP contribution < -0.4 is 5.43 Å². The van der Waals surface area contributed by atoms with Gasteiger partial charge in [-0.2, -0.15) is 5.10 Å². The van der Waals surface area contributed by atoms with Crippen LogP contribution in [0.15, 0.2) is 69.3 Å². The second kappa shape index (κ2) is 10.9. The van der Waals surface area contributed by atoms with Gasteiger partial charge in [0.05, 0.1) is 17.0 Å². The topological polar surface area (TPSA) is 72.2 Å². The minimum absolute atomic E-state index is 0.125. The molecule has 160 valence electrons. The lowest BCUT2D eigenvalue weighted by atomic mass is 10.2. The summed E-state index contributed by atoms with van der Waals surface area (Å²) in [4.78, 5) is 12.2. The fourth-order valence-corrected chi connectivity index (χ4v) is 4.01. The van der Waals surface area contributed by atoms with Crippen molar-refractivity contribution in [1.82, 2.24) is 20.2 Å². The van der Waals surface area contributed by atoms with Gasteiger partial charge < -0.3 is 0 Å². The van der Waals surface area contributed by atoms with Gasteiger partial charge in [0.2, 0.25) is 0 Å². The van der Waals surface area contributed by atoms with Gasteiger partial charge in [-0.25, -0.2) is 5.43 Å². The van der Waals surface area contributed by atoms with Crippen LogP contribution in [-0.2, 0) is 11.3 Å². The van der Waals surface area contributed by atoms with E-state index in [4.69, 9.17) is 23.2 Å². The van der Waals surface area contributed by atoms with Crippen LogP contribution in [-0.4, -0.2) is 32.6 Å². The molecule has 1 N–H and O–H groups in total. The van der Waals surface area contributed by atoms with Crippen LogP contribution in [0.2, 0.25) is 10.0 Å². The Morgan fingerprint density at radius 2 is 2.00 bits per heavy atom. The van der Waals surface area contributed by atoms with E-state index < -0.39 is 0 Å². The highest BCUT2D eigenvalue weighted by molar-refractivity contribution is 9.10. The van der Waals surface area contributed by atoms with Crippen molar-refractivity contribution in [3.05, 3.63) is 74.7 Å². The van der Waals surface area contributed by atoms with Gasteiger partial charge in [0.25, 0.3) is 5.91 Å². The number of nitrogens with one attached hydrogen (secondary N) is 1. The Morgan fingerprint density at radius 1 is 1.26 bits per heavy atom. The maximum absolute atomic E-state index is 12.2. The third-order valence-electron chi connectivity index (χ3n) is 3.94. The van der Waals surface area contributed by atoms with E-state index in [-0.39, 0.29) is 11.7 Å². The van der Waals surface area contributed by atoms with Crippen molar-refractivity contribution in [2.45, 2.75) is 18.6 Å². The number of benzene rings is 2. The van der Waals surface area contributed by atoms with Crippen molar-refractivity contribution in [3.8, 4) is 11.4 Å². The molecular formula is C21H18BrCl2N5OS. The molecular weight excluding hydrogens is 521 g/mol. The lowest BCUT2D eigenvalue weighted by Gasteiger charge is -2.10. The van der Waals surface area contributed by atoms with Crippen LogP contribution in [0.5, 0.6) is 0 Å². The number of nitrogens with zero attached hydrogens (tertiary/aromatic N) is 4. The van der Waals surface area contributed by atoms with Gasteiger partial charge in [-0.1, -0.05) is 81.2 Å². The van der Waals surface area contributed by atoms with E-state index in [0.29, 0.717) is 33.1 Å². The van der Waals surface area contributed by atoms with Gasteiger partial charge in [-0.05, 0) is 31.2 Å². The van der Waals surface area contributed by atoms with E-state index in [2.05, 4.69) is 43.2 Å². The normalized spacial score (nSPS) is 11.1. The number of allylic oxidation sites excluding steroid dienone is 1. The van der Waals surface area contributed by atoms with Crippen LogP contribution in [0, 0.1) is 0 Å². The summed E-state index contributed by atoms with van der Waals surface area (Å²) in [6.45, 7) is 6.47. The van der Waals surface area contributed by atoms with Crippen molar-refractivity contribution in [3.63, 3.8) is 0 Å². The number of halogens is 3. The fourth-order valence-electron chi connectivity index (χ4n) is 2.56. The first-order chi connectivity index (χ1) is 14.8. The summed E-state index contributed by atoms with van der Waals surface area (Å²) >= 11 is 16.7. The molecule has 0 fully saturated rings. The highest BCUT2D eigenvalue weighted by Crippen LogP contribution is 2.26. The van der Waals surface area contributed by atoms with E-state index in [1.165, 1.54) is 18.0 Å². The molecule has 1 heterocycles. The Kier molecular flexibility index (Phi) is 8.31. The van der Waals surface area contributed by atoms with Crippen LogP contribution >= 0.6 is 50.9 Å². The lowest BCUT2D eigenvalue weighted by Crippen LogP contribution is -2.20. The minimum atomic E-state index is -0.276. The van der Waals surface area contributed by atoms with Crippen LogP contribution in [0.25, 0.3) is 11.4 Å². The molecule has 1 amide bonds. The van der Waals surface area contributed by atoms with Crippen molar-refractivity contribution >= 4 is 63.0 Å². The van der Waals surface area contributed by atoms with Crippen LogP contribution in [0.1, 0.15) is 12.5 Å². The molecule has 0 unspecified atom stereocenters. The smallest absolute Gasteiger partial charge is 0.250 e. The van der Waals surface area contributed by atoms with Crippen LogP contribution in [0.3, 0.4) is 0 Å². The summed E-state index contributed by atoms with van der Waals surface area (Å²) in [5.74, 6) is 0.565. The number of amides is 1. The molecule has 1 aromatic heterocycles. The predicted molar refractivity (Wildman–Crippen MR) is 131 cm³/mol. The average Bonchev–Trinajstić information content (AvgIpc) is 3.10. The average molecular weight is 539 g/mol. The minimum Gasteiger partial charge on any atom is -0.298 e. The summed E-state index contributed by atoms with van der Waals surface area (Å²) in [5, 5.41) is 14.1. The first-order valence-corrected chi connectivity index (χ1v) is 11.6. The number of thioether (sulfide) groups is 1. The van der Waals surface area contributed by atoms with E-state index >= 15 is 0 Å². The first kappa shape index (κ1) is 23.5. The zero-order chi connectivity index (χ0) is 22.4. The standard InChI is InChI=1S/C21H18BrCl2N5OS/c1-13(2)11-29-20(14-3-6-16(22)7-4-14)27-28-21(29)31-12-19(30)26-25-10-15-5-8-17(23)9-18(15)24/h3-10H,1,11-12H2,2H3,(H,26,30)/b25-10+. The van der Waals surface area contributed by atoms with E-state index in [1.54, 1.807) is 18.2 Å². The Bertz CT molecular complexity index is 1130. The molecule has 0 saturated heterocycles. The van der Waals surface area contributed by atoms with E-state index in [1.807, 2.05) is 35.8 Å². The van der Waals surface area contributed by atoms with E-state index in [0.717, 1.165) is 15.6 Å². The van der Waals surface area contributed by atoms with Crippen molar-refractivity contribution in [2.24, 2.45) is 5.10 Å². The molecule has 0 bridgehead atoms. The molecule has 2 aromatic carbocycles. The SMILES string of the molecule is C=C(C)Cn1c(SCC(=O)N/N=C/c2ccc(Cl)cc2Cl)nnc1-c1ccc(Br)cc1. The molecule has 3 rings (SSSR count). The lowest BCUT2D eigenvalue weighted by molar-refractivity contribution is -0.118. The van der Waals surface area contributed by atoms with Crippen molar-refractivity contribution in [2.75, 3.05) is 5.75 Å². The fraction of sp³-hybridized carbons (Fsp3) is 0.143. The highest BCUT2D eigenvalue weighted by atomic mass is 79.9. The van der Waals surface area contributed by atoms with Gasteiger partial charge >= 0.3 is 0 Å². The number of hydrogen-bond donors (Lipinski definition) is 1. The first-order valence-electron chi connectivity index (χ1n) is 9.07. The number of rotatable bonds is 8. The predicted octanol–water partition coefficient (Wildman–Crippen LogP) is 5.83. The van der Waals surface area contributed by atoms with Crippen molar-refractivity contribution in [1.29, 1.82) is 0 Å². The Hall–Kier alpha value is -2.13. The molecule has 0 aliphatic rings. The number of aromatic nitrogens is 3. The third kappa shape index (κ3) is 6.67. The van der Waals surface area contributed by atoms with Gasteiger partial charge in [0, 0.05) is 27.2 Å². The molecule has 0 aliphatic carbocycles. The second-order valence-electron chi connectivity index (χ2n) is 6.60. The number of hydrazone groups is 1. The molecule has 0 atom stereocenters. The largest absolute Gasteiger partial charge is 0.298 e.